The van der Waals surface area contributed by atoms with E-state index in [9.17, 15) is 9.59 Å². The van der Waals surface area contributed by atoms with Gasteiger partial charge in [-0.1, -0.05) is 41.9 Å². The molecule has 2 aromatic rings. The molecular weight excluding hydrogens is 354 g/mol. The summed E-state index contributed by atoms with van der Waals surface area (Å²) < 4.78 is 10.6. The van der Waals surface area contributed by atoms with Gasteiger partial charge >= 0.3 is 5.97 Å². The Balaban J connectivity index is 1.94. The Bertz CT molecular complexity index is 903. The molecule has 1 aliphatic heterocycles. The molecule has 2 aromatic carbocycles. The fourth-order valence-corrected chi connectivity index (χ4v) is 2.60. The second kappa shape index (κ2) is 7.89. The lowest BCUT2D eigenvalue weighted by atomic mass is 10.1. The van der Waals surface area contributed by atoms with Gasteiger partial charge in [-0.3, -0.25) is 4.79 Å². The molecule has 0 saturated carbocycles. The second-order valence-corrected chi connectivity index (χ2v) is 5.85. The van der Waals surface area contributed by atoms with Gasteiger partial charge in [0.05, 0.1) is 6.61 Å². The number of hydrogen-bond acceptors (Lipinski definition) is 5. The molecule has 0 bridgehead atoms. The first kappa shape index (κ1) is 17.8. The normalized spacial score (nSPS) is 15.2. The number of halogens is 1. The number of Topliss-reactive ketones (excluding diaryl/α,β-unsaturated/α-hetero) is 1. The summed E-state index contributed by atoms with van der Waals surface area (Å²) in [6.07, 6.45) is 1.53. The van der Waals surface area contributed by atoms with Crippen LogP contribution in [0.2, 0.25) is 5.02 Å². The number of benzene rings is 2. The van der Waals surface area contributed by atoms with Crippen LogP contribution in [-0.4, -0.2) is 18.4 Å². The molecule has 0 fully saturated rings. The number of esters is 1. The van der Waals surface area contributed by atoms with Crippen molar-refractivity contribution in [3.05, 3.63) is 82.4 Å². The van der Waals surface area contributed by atoms with Gasteiger partial charge in [-0.05, 0) is 42.8 Å². The summed E-state index contributed by atoms with van der Waals surface area (Å²) in [5.74, 6) is -1.20. The lowest BCUT2D eigenvalue weighted by molar-refractivity contribution is -0.139. The number of hydrogen-bond donors (Lipinski definition) is 1. The van der Waals surface area contributed by atoms with Gasteiger partial charge in [-0.2, -0.15) is 0 Å². The molecule has 0 unspecified atom stereocenters. The highest BCUT2D eigenvalue weighted by molar-refractivity contribution is 6.30. The van der Waals surface area contributed by atoms with Crippen molar-refractivity contribution >= 4 is 35.1 Å². The quantitative estimate of drug-likeness (QED) is 0.487. The maximum absolute atomic E-state index is 12.7. The number of ketones is 1. The first-order valence-corrected chi connectivity index (χ1v) is 8.39. The Hall–Kier alpha value is -3.05. The Morgan fingerprint density at radius 3 is 2.65 bits per heavy atom. The van der Waals surface area contributed by atoms with E-state index in [1.807, 2.05) is 18.2 Å². The van der Waals surface area contributed by atoms with E-state index in [4.69, 9.17) is 21.1 Å². The smallest absolute Gasteiger partial charge is 0.347 e. The number of carbonyl (C=O) groups excluding carboxylic acids is 2. The Morgan fingerprint density at radius 1 is 1.19 bits per heavy atom. The predicted molar refractivity (Wildman–Crippen MR) is 99.2 cm³/mol. The minimum atomic E-state index is -0.731. The number of anilines is 1. The predicted octanol–water partition coefficient (Wildman–Crippen LogP) is 4.17. The minimum absolute atomic E-state index is 0.0220. The zero-order chi connectivity index (χ0) is 18.5. The third-order valence-electron chi connectivity index (χ3n) is 3.55. The van der Waals surface area contributed by atoms with Crippen LogP contribution in [0.1, 0.15) is 12.5 Å². The Labute approximate surface area is 155 Å². The van der Waals surface area contributed by atoms with Gasteiger partial charge in [0.2, 0.25) is 11.7 Å². The van der Waals surface area contributed by atoms with Crippen molar-refractivity contribution in [2.24, 2.45) is 0 Å². The van der Waals surface area contributed by atoms with E-state index < -0.39 is 11.8 Å². The van der Waals surface area contributed by atoms with Gasteiger partial charge in [-0.25, -0.2) is 4.79 Å². The number of rotatable bonds is 5. The molecule has 0 aliphatic carbocycles. The molecule has 0 spiro atoms. The molecule has 26 heavy (non-hydrogen) atoms. The van der Waals surface area contributed by atoms with E-state index in [-0.39, 0.29) is 23.8 Å². The Kier molecular flexibility index (Phi) is 5.39. The number of para-hydroxylation sites is 1. The summed E-state index contributed by atoms with van der Waals surface area (Å²) >= 11 is 5.97. The monoisotopic (exact) mass is 369 g/mol. The average molecular weight is 370 g/mol. The molecular formula is C20H16ClNO4. The lowest BCUT2D eigenvalue weighted by Crippen LogP contribution is -2.16. The van der Waals surface area contributed by atoms with Gasteiger partial charge in [0.25, 0.3) is 0 Å². The van der Waals surface area contributed by atoms with Crippen LogP contribution in [0.25, 0.3) is 6.08 Å². The van der Waals surface area contributed by atoms with Crippen LogP contribution in [0.3, 0.4) is 0 Å². The van der Waals surface area contributed by atoms with Crippen LogP contribution in [0, 0.1) is 0 Å². The van der Waals surface area contributed by atoms with E-state index in [0.29, 0.717) is 16.3 Å². The molecule has 0 amide bonds. The number of ether oxygens (including phenoxy) is 2. The zero-order valence-electron chi connectivity index (χ0n) is 14.0. The molecule has 1 aliphatic rings. The molecule has 6 heteroatoms. The van der Waals surface area contributed by atoms with E-state index in [0.717, 1.165) is 0 Å². The van der Waals surface area contributed by atoms with E-state index in [2.05, 4.69) is 5.32 Å². The summed E-state index contributed by atoms with van der Waals surface area (Å²) in [7, 11) is 0. The number of allylic oxidation sites excluding steroid dienone is 1. The second-order valence-electron chi connectivity index (χ2n) is 5.41. The van der Waals surface area contributed by atoms with Crippen molar-refractivity contribution < 1.29 is 19.1 Å². The maximum atomic E-state index is 12.7. The van der Waals surface area contributed by atoms with Crippen molar-refractivity contribution in [3.8, 4) is 0 Å². The molecule has 0 saturated heterocycles. The molecule has 132 valence electrons. The fourth-order valence-electron chi connectivity index (χ4n) is 2.41. The van der Waals surface area contributed by atoms with E-state index in [1.54, 1.807) is 43.3 Å². The highest BCUT2D eigenvalue weighted by Crippen LogP contribution is 2.29. The third kappa shape index (κ3) is 3.95. The van der Waals surface area contributed by atoms with Crippen molar-refractivity contribution in [1.82, 2.24) is 0 Å². The van der Waals surface area contributed by atoms with Gasteiger partial charge in [0, 0.05) is 10.7 Å². The molecule has 0 atom stereocenters. The van der Waals surface area contributed by atoms with Crippen LogP contribution >= 0.6 is 11.6 Å². The summed E-state index contributed by atoms with van der Waals surface area (Å²) in [5, 5.41) is 3.49. The molecule has 0 aromatic heterocycles. The molecule has 3 rings (SSSR count). The summed E-state index contributed by atoms with van der Waals surface area (Å²) in [5.41, 5.74) is 1.20. The van der Waals surface area contributed by atoms with Crippen molar-refractivity contribution in [2.45, 2.75) is 6.92 Å². The summed E-state index contributed by atoms with van der Waals surface area (Å²) in [6, 6.07) is 16.1. The van der Waals surface area contributed by atoms with Gasteiger partial charge in [0.1, 0.15) is 0 Å². The van der Waals surface area contributed by atoms with Crippen molar-refractivity contribution in [2.75, 3.05) is 11.9 Å². The van der Waals surface area contributed by atoms with E-state index >= 15 is 0 Å². The summed E-state index contributed by atoms with van der Waals surface area (Å²) in [4.78, 5) is 24.9. The van der Waals surface area contributed by atoms with Crippen LogP contribution < -0.4 is 5.32 Å². The standard InChI is InChI=1S/C20H16ClNO4/c1-2-25-20(24)17-18(23)16(12-13-7-6-8-14(21)11-13)26-19(17)22-15-9-4-3-5-10-15/h3-12,22H,2H2,1H3/b16-12-. The highest BCUT2D eigenvalue weighted by atomic mass is 35.5. The SMILES string of the molecule is CCOC(=O)C1=C(Nc2ccccc2)O/C(=C\c2cccc(Cl)c2)C1=O. The highest BCUT2D eigenvalue weighted by Gasteiger charge is 2.36. The topological polar surface area (TPSA) is 64.6 Å². The lowest BCUT2D eigenvalue weighted by Gasteiger charge is -2.08. The van der Waals surface area contributed by atoms with Gasteiger partial charge in [-0.15, -0.1) is 0 Å². The van der Waals surface area contributed by atoms with Crippen LogP contribution in [-0.2, 0) is 19.1 Å². The van der Waals surface area contributed by atoms with Crippen molar-refractivity contribution in [1.29, 1.82) is 0 Å². The number of nitrogens with one attached hydrogen (secondary N) is 1. The zero-order valence-corrected chi connectivity index (χ0v) is 14.7. The van der Waals surface area contributed by atoms with Crippen LogP contribution in [0.5, 0.6) is 0 Å². The van der Waals surface area contributed by atoms with Crippen LogP contribution in [0.4, 0.5) is 5.69 Å². The number of carbonyl (C=O) groups is 2. The molecule has 1 heterocycles. The third-order valence-corrected chi connectivity index (χ3v) is 3.78. The summed E-state index contributed by atoms with van der Waals surface area (Å²) in [6.45, 7) is 1.83. The largest absolute Gasteiger partial charge is 0.462 e. The first-order chi connectivity index (χ1) is 12.6. The molecule has 1 N–H and O–H groups in total. The van der Waals surface area contributed by atoms with Gasteiger partial charge < -0.3 is 14.8 Å². The first-order valence-electron chi connectivity index (χ1n) is 8.01. The van der Waals surface area contributed by atoms with E-state index in [1.165, 1.54) is 6.08 Å². The fraction of sp³-hybridized carbons (Fsp3) is 0.100. The molecule has 5 nitrogen and oxygen atoms in total. The van der Waals surface area contributed by atoms with Gasteiger partial charge in [0.15, 0.2) is 11.3 Å². The van der Waals surface area contributed by atoms with Crippen molar-refractivity contribution in [3.63, 3.8) is 0 Å². The Morgan fingerprint density at radius 2 is 1.96 bits per heavy atom. The minimum Gasteiger partial charge on any atom is -0.462 e. The molecule has 0 radical (unpaired) electrons. The average Bonchev–Trinajstić information content (AvgIpc) is 2.91. The van der Waals surface area contributed by atoms with Crippen LogP contribution in [0.15, 0.2) is 71.8 Å². The maximum Gasteiger partial charge on any atom is 0.347 e.